The smallest absolute Gasteiger partial charge is 0.175 e. The Morgan fingerprint density at radius 2 is 1.22 bits per heavy atom. The van der Waals surface area contributed by atoms with Crippen LogP contribution in [-0.4, -0.2) is 23.4 Å². The normalized spacial score (nSPS) is 10.7. The quantitative estimate of drug-likeness (QED) is 0.295. The Balaban J connectivity index is 2.01. The summed E-state index contributed by atoms with van der Waals surface area (Å²) in [7, 11) is 0. The first-order chi connectivity index (χ1) is 10.8. The van der Waals surface area contributed by atoms with Gasteiger partial charge in [-0.2, -0.15) is 0 Å². The number of hydrogen-bond donors (Lipinski definition) is 2. The minimum absolute atomic E-state index is 0.241. The molecule has 0 bridgehead atoms. The van der Waals surface area contributed by atoms with Crippen LogP contribution in [0.3, 0.4) is 0 Å². The molecular weight excluding hydrogens is 632 g/mol. The van der Waals surface area contributed by atoms with Crippen LogP contribution in [0.1, 0.15) is 0 Å². The molecule has 0 amide bonds. The Kier molecular flexibility index (Phi) is 7.09. The van der Waals surface area contributed by atoms with Crippen molar-refractivity contribution in [1.82, 2.24) is 0 Å². The lowest BCUT2D eigenvalue weighted by Crippen LogP contribution is -2.10. The SMILES string of the molecule is Oc1cc(Br)c(OCCOc2c(Br)cc(Br)cc2Br)c(Br)c1O. The summed E-state index contributed by atoms with van der Waals surface area (Å²) < 4.78 is 14.6. The lowest BCUT2D eigenvalue weighted by atomic mass is 10.3. The number of hydrogen-bond acceptors (Lipinski definition) is 4. The van der Waals surface area contributed by atoms with Gasteiger partial charge in [0, 0.05) is 10.5 Å². The number of rotatable bonds is 5. The van der Waals surface area contributed by atoms with Gasteiger partial charge < -0.3 is 19.7 Å². The van der Waals surface area contributed by atoms with E-state index in [-0.39, 0.29) is 22.6 Å². The second kappa shape index (κ2) is 8.42. The number of halogens is 5. The maximum atomic E-state index is 9.70. The van der Waals surface area contributed by atoms with E-state index >= 15 is 0 Å². The van der Waals surface area contributed by atoms with E-state index < -0.39 is 0 Å². The fourth-order valence-corrected chi connectivity index (χ4v) is 5.48. The molecule has 2 aromatic rings. The van der Waals surface area contributed by atoms with Gasteiger partial charge in [0.05, 0.1) is 13.4 Å². The highest BCUT2D eigenvalue weighted by molar-refractivity contribution is 9.12. The minimum atomic E-state index is -0.275. The van der Waals surface area contributed by atoms with Gasteiger partial charge in [-0.15, -0.1) is 0 Å². The Labute approximate surface area is 174 Å². The zero-order valence-electron chi connectivity index (χ0n) is 11.2. The summed E-state index contributed by atoms with van der Waals surface area (Å²) in [5.41, 5.74) is 0. The molecule has 0 aliphatic heterocycles. The molecule has 2 rings (SSSR count). The van der Waals surface area contributed by atoms with Crippen molar-refractivity contribution in [3.05, 3.63) is 40.6 Å². The van der Waals surface area contributed by atoms with Crippen LogP contribution in [0.4, 0.5) is 0 Å². The molecule has 9 heteroatoms. The van der Waals surface area contributed by atoms with Crippen molar-refractivity contribution >= 4 is 79.6 Å². The maximum absolute atomic E-state index is 9.70. The van der Waals surface area contributed by atoms with Crippen molar-refractivity contribution in [1.29, 1.82) is 0 Å². The predicted molar refractivity (Wildman–Crippen MR) is 106 cm³/mol. The largest absolute Gasteiger partial charge is 0.504 e. The van der Waals surface area contributed by atoms with E-state index in [1.807, 2.05) is 12.1 Å². The van der Waals surface area contributed by atoms with Gasteiger partial charge in [0.2, 0.25) is 0 Å². The molecule has 0 heterocycles. The van der Waals surface area contributed by atoms with Gasteiger partial charge in [-0.25, -0.2) is 0 Å². The first kappa shape index (κ1) is 19.4. The number of phenolic OH excluding ortho intramolecular Hbond substituents is 2. The van der Waals surface area contributed by atoms with Gasteiger partial charge in [0.15, 0.2) is 17.2 Å². The zero-order chi connectivity index (χ0) is 17.1. The van der Waals surface area contributed by atoms with Crippen LogP contribution in [-0.2, 0) is 0 Å². The summed E-state index contributed by atoms with van der Waals surface area (Å²) in [6.45, 7) is 0.537. The van der Waals surface area contributed by atoms with Crippen molar-refractivity contribution in [2.75, 3.05) is 13.2 Å². The van der Waals surface area contributed by atoms with E-state index in [0.717, 1.165) is 13.4 Å². The van der Waals surface area contributed by atoms with E-state index in [9.17, 15) is 10.2 Å². The van der Waals surface area contributed by atoms with Gasteiger partial charge in [-0.3, -0.25) is 0 Å². The van der Waals surface area contributed by atoms with Crippen LogP contribution in [0.2, 0.25) is 0 Å². The van der Waals surface area contributed by atoms with Crippen molar-refractivity contribution in [2.24, 2.45) is 0 Å². The van der Waals surface area contributed by atoms with Crippen molar-refractivity contribution in [3.63, 3.8) is 0 Å². The van der Waals surface area contributed by atoms with E-state index in [2.05, 4.69) is 79.6 Å². The molecule has 0 saturated heterocycles. The highest BCUT2D eigenvalue weighted by atomic mass is 79.9. The van der Waals surface area contributed by atoms with Gasteiger partial charge in [0.1, 0.15) is 23.4 Å². The summed E-state index contributed by atoms with van der Waals surface area (Å²) in [6.07, 6.45) is 0. The number of ether oxygens (including phenoxy) is 2. The second-order valence-corrected chi connectivity index (χ2v) is 8.54. The fourth-order valence-electron chi connectivity index (χ4n) is 1.67. The van der Waals surface area contributed by atoms with Crippen LogP contribution >= 0.6 is 79.6 Å². The molecule has 4 nitrogen and oxygen atoms in total. The molecule has 2 N–H and O–H groups in total. The molecule has 0 aromatic heterocycles. The molecule has 0 spiro atoms. The lowest BCUT2D eigenvalue weighted by Gasteiger charge is -2.14. The van der Waals surface area contributed by atoms with Gasteiger partial charge in [-0.1, -0.05) is 15.9 Å². The third-order valence-corrected chi connectivity index (χ3v) is 5.63. The molecule has 0 aliphatic carbocycles. The molecule has 0 atom stereocenters. The Morgan fingerprint density at radius 3 is 1.78 bits per heavy atom. The fraction of sp³-hybridized carbons (Fsp3) is 0.143. The minimum Gasteiger partial charge on any atom is -0.504 e. The molecule has 2 aromatic carbocycles. The second-order valence-electron chi connectivity index (χ2n) is 4.26. The maximum Gasteiger partial charge on any atom is 0.175 e. The molecule has 0 fully saturated rings. The highest BCUT2D eigenvalue weighted by Crippen LogP contribution is 2.45. The summed E-state index contributed by atoms with van der Waals surface area (Å²) in [5.74, 6) is 0.541. The van der Waals surface area contributed by atoms with Gasteiger partial charge >= 0.3 is 0 Å². The first-order valence-corrected chi connectivity index (χ1v) is 10.1. The number of phenols is 2. The summed E-state index contributed by atoms with van der Waals surface area (Å²) in [4.78, 5) is 0. The highest BCUT2D eigenvalue weighted by Gasteiger charge is 2.16. The zero-order valence-corrected chi connectivity index (χ0v) is 19.2. The molecule has 23 heavy (non-hydrogen) atoms. The van der Waals surface area contributed by atoms with E-state index in [1.165, 1.54) is 6.07 Å². The molecule has 0 aliphatic rings. The number of aromatic hydroxyl groups is 2. The lowest BCUT2D eigenvalue weighted by molar-refractivity contribution is 0.213. The van der Waals surface area contributed by atoms with Gasteiger partial charge in [0.25, 0.3) is 0 Å². The van der Waals surface area contributed by atoms with E-state index in [1.54, 1.807) is 0 Å². The van der Waals surface area contributed by atoms with E-state index in [0.29, 0.717) is 22.6 Å². The molecule has 0 saturated carbocycles. The van der Waals surface area contributed by atoms with Crippen LogP contribution < -0.4 is 9.47 Å². The van der Waals surface area contributed by atoms with Gasteiger partial charge in [-0.05, 0) is 75.9 Å². The standard InChI is InChI=1S/C14H9Br5O4/c15-6-3-7(16)13(8(17)4-6)22-1-2-23-14-9(18)5-10(20)12(21)11(14)19/h3-5,20-21H,1-2H2. The van der Waals surface area contributed by atoms with E-state index in [4.69, 9.17) is 9.47 Å². The van der Waals surface area contributed by atoms with Crippen molar-refractivity contribution < 1.29 is 19.7 Å². The average molecular weight is 641 g/mol. The monoisotopic (exact) mass is 636 g/mol. The summed E-state index contributed by atoms with van der Waals surface area (Å²) in [5, 5.41) is 19.2. The average Bonchev–Trinajstić information content (AvgIpc) is 2.46. The number of benzene rings is 2. The molecule has 0 unspecified atom stereocenters. The molecule has 124 valence electrons. The first-order valence-electron chi connectivity index (χ1n) is 6.11. The van der Waals surface area contributed by atoms with Crippen LogP contribution in [0.15, 0.2) is 40.6 Å². The Morgan fingerprint density at radius 1 is 0.739 bits per heavy atom. The van der Waals surface area contributed by atoms with Crippen LogP contribution in [0, 0.1) is 0 Å². The summed E-state index contributed by atoms with van der Waals surface area (Å²) >= 11 is 16.7. The third kappa shape index (κ3) is 4.78. The topological polar surface area (TPSA) is 58.9 Å². The molecule has 0 radical (unpaired) electrons. The van der Waals surface area contributed by atoms with Crippen molar-refractivity contribution in [2.45, 2.75) is 0 Å². The van der Waals surface area contributed by atoms with Crippen molar-refractivity contribution in [3.8, 4) is 23.0 Å². The van der Waals surface area contributed by atoms with Crippen LogP contribution in [0.25, 0.3) is 0 Å². The predicted octanol–water partition coefficient (Wildman–Crippen LogP) is 6.37. The van der Waals surface area contributed by atoms with Crippen LogP contribution in [0.5, 0.6) is 23.0 Å². The third-order valence-electron chi connectivity index (χ3n) is 2.67. The summed E-state index contributed by atoms with van der Waals surface area (Å²) in [6, 6.07) is 5.12. The molecular formula is C14H9Br5O4. The Hall–Kier alpha value is 0.0400. The Bertz CT molecular complexity index is 713.